The van der Waals surface area contributed by atoms with Crippen LogP contribution in [0.25, 0.3) is 39.1 Å². The highest BCUT2D eigenvalue weighted by Gasteiger charge is 2.15. The summed E-state index contributed by atoms with van der Waals surface area (Å²) in [7, 11) is 0. The molecule has 9 heteroatoms. The topological polar surface area (TPSA) is 97.2 Å². The second-order valence-electron chi connectivity index (χ2n) is 7.39. The summed E-state index contributed by atoms with van der Waals surface area (Å²) in [6.45, 7) is 1.92. The minimum atomic E-state index is 0. The molecule has 0 radical (unpaired) electrons. The first kappa shape index (κ1) is 19.3. The van der Waals surface area contributed by atoms with Gasteiger partial charge in [0.2, 0.25) is 0 Å². The summed E-state index contributed by atoms with van der Waals surface area (Å²) in [6.07, 6.45) is 8.11. The van der Waals surface area contributed by atoms with Gasteiger partial charge in [0.1, 0.15) is 17.7 Å². The van der Waals surface area contributed by atoms with Gasteiger partial charge in [0, 0.05) is 29.9 Å². The maximum absolute atomic E-state index is 4.50. The molecular formula is C22H19ClN8. The molecule has 5 aromatic rings. The highest BCUT2D eigenvalue weighted by atomic mass is 35.5. The van der Waals surface area contributed by atoms with Gasteiger partial charge >= 0.3 is 0 Å². The number of rotatable bonds is 3. The maximum Gasteiger partial charge on any atom is 0.134 e. The lowest BCUT2D eigenvalue weighted by Crippen LogP contribution is -2.23. The molecule has 0 amide bonds. The number of H-pyrrole nitrogens is 1. The van der Waals surface area contributed by atoms with Crippen molar-refractivity contribution in [3.05, 3.63) is 72.4 Å². The molecule has 6 rings (SSSR count). The number of halogens is 1. The molecule has 0 spiro atoms. The van der Waals surface area contributed by atoms with Crippen LogP contribution in [-0.4, -0.2) is 41.7 Å². The van der Waals surface area contributed by atoms with Crippen molar-refractivity contribution in [2.75, 3.05) is 6.54 Å². The minimum Gasteiger partial charge on any atom is -0.312 e. The molecule has 8 nitrogen and oxygen atoms in total. The van der Waals surface area contributed by atoms with E-state index in [1.165, 1.54) is 17.5 Å². The number of hydrogen-bond donors (Lipinski definition) is 2. The van der Waals surface area contributed by atoms with Gasteiger partial charge in [-0.25, -0.2) is 14.6 Å². The predicted octanol–water partition coefficient (Wildman–Crippen LogP) is 3.34. The zero-order valence-electron chi connectivity index (χ0n) is 16.5. The van der Waals surface area contributed by atoms with Crippen LogP contribution in [0.4, 0.5) is 0 Å². The standard InChI is InChI=1S/C22H18N8.ClH/c1-3-18(7-16-9-23-6-5-14(1)16)30-12-21(27-29-30)22-19-8-15(2-4-20(19)26-28-22)17-10-24-13-25-11-17;/h1-4,7-8,10-13,23H,5-6,9H2,(H,26,28);1H. The van der Waals surface area contributed by atoms with Crippen molar-refractivity contribution >= 4 is 23.3 Å². The van der Waals surface area contributed by atoms with E-state index in [0.29, 0.717) is 0 Å². The molecule has 4 heterocycles. The summed E-state index contributed by atoms with van der Waals surface area (Å²) in [5.74, 6) is 0. The number of aromatic nitrogens is 7. The molecule has 0 fully saturated rings. The smallest absolute Gasteiger partial charge is 0.134 e. The molecule has 0 bridgehead atoms. The van der Waals surface area contributed by atoms with Gasteiger partial charge in [0.05, 0.1) is 17.4 Å². The largest absolute Gasteiger partial charge is 0.312 e. The van der Waals surface area contributed by atoms with Gasteiger partial charge in [-0.15, -0.1) is 17.5 Å². The van der Waals surface area contributed by atoms with Gasteiger partial charge < -0.3 is 5.32 Å². The monoisotopic (exact) mass is 430 g/mol. The van der Waals surface area contributed by atoms with Gasteiger partial charge in [0.25, 0.3) is 0 Å². The lowest BCUT2D eigenvalue weighted by Gasteiger charge is -2.17. The Bertz CT molecular complexity index is 1360. The predicted molar refractivity (Wildman–Crippen MR) is 120 cm³/mol. The summed E-state index contributed by atoms with van der Waals surface area (Å²) >= 11 is 0. The van der Waals surface area contributed by atoms with Crippen LogP contribution < -0.4 is 5.32 Å². The Hall–Kier alpha value is -3.62. The summed E-state index contributed by atoms with van der Waals surface area (Å²) in [6, 6.07) is 12.6. The summed E-state index contributed by atoms with van der Waals surface area (Å²) in [5, 5.41) is 20.7. The molecule has 2 N–H and O–H groups in total. The van der Waals surface area contributed by atoms with E-state index in [1.807, 2.05) is 18.3 Å². The number of hydrogen-bond acceptors (Lipinski definition) is 6. The quantitative estimate of drug-likeness (QED) is 0.455. The minimum absolute atomic E-state index is 0. The van der Waals surface area contributed by atoms with Gasteiger partial charge in [-0.2, -0.15) is 5.10 Å². The number of fused-ring (bicyclic) bond motifs is 2. The molecule has 31 heavy (non-hydrogen) atoms. The van der Waals surface area contributed by atoms with E-state index in [2.05, 4.69) is 60.1 Å². The molecule has 2 aromatic carbocycles. The molecule has 0 saturated carbocycles. The van der Waals surface area contributed by atoms with E-state index >= 15 is 0 Å². The van der Waals surface area contributed by atoms with Crippen LogP contribution in [0.1, 0.15) is 11.1 Å². The maximum atomic E-state index is 4.50. The van der Waals surface area contributed by atoms with Crippen molar-refractivity contribution in [2.45, 2.75) is 13.0 Å². The van der Waals surface area contributed by atoms with Crippen molar-refractivity contribution in [3.8, 4) is 28.2 Å². The van der Waals surface area contributed by atoms with E-state index in [1.54, 1.807) is 17.1 Å². The Morgan fingerprint density at radius 3 is 2.74 bits per heavy atom. The number of benzene rings is 2. The molecule has 0 atom stereocenters. The normalized spacial score (nSPS) is 13.0. The Morgan fingerprint density at radius 1 is 0.935 bits per heavy atom. The van der Waals surface area contributed by atoms with Crippen molar-refractivity contribution in [1.29, 1.82) is 0 Å². The summed E-state index contributed by atoms with van der Waals surface area (Å²) in [5.41, 5.74) is 8.13. The van der Waals surface area contributed by atoms with Crippen molar-refractivity contribution in [1.82, 2.24) is 40.5 Å². The van der Waals surface area contributed by atoms with Crippen molar-refractivity contribution < 1.29 is 0 Å². The third kappa shape index (κ3) is 3.45. The Kier molecular flexibility index (Phi) is 4.93. The number of aromatic amines is 1. The fraction of sp³-hybridized carbons (Fsp3) is 0.136. The van der Waals surface area contributed by atoms with E-state index in [4.69, 9.17) is 0 Å². The second-order valence-corrected chi connectivity index (χ2v) is 7.39. The second kappa shape index (κ2) is 7.90. The van der Waals surface area contributed by atoms with E-state index < -0.39 is 0 Å². The zero-order chi connectivity index (χ0) is 19.9. The molecule has 3 aromatic heterocycles. The zero-order valence-corrected chi connectivity index (χ0v) is 17.3. The fourth-order valence-electron chi connectivity index (χ4n) is 3.94. The van der Waals surface area contributed by atoms with Gasteiger partial charge in [-0.05, 0) is 53.9 Å². The Labute approximate surface area is 184 Å². The van der Waals surface area contributed by atoms with Crippen LogP contribution in [0.3, 0.4) is 0 Å². The number of nitrogens with one attached hydrogen (secondary N) is 2. The molecular weight excluding hydrogens is 412 g/mol. The van der Waals surface area contributed by atoms with Crippen LogP contribution in [0.2, 0.25) is 0 Å². The van der Waals surface area contributed by atoms with Crippen LogP contribution in [-0.2, 0) is 13.0 Å². The van der Waals surface area contributed by atoms with Crippen LogP contribution in [0.5, 0.6) is 0 Å². The highest BCUT2D eigenvalue weighted by molar-refractivity contribution is 5.94. The lowest BCUT2D eigenvalue weighted by atomic mass is 10.0. The van der Waals surface area contributed by atoms with Crippen molar-refractivity contribution in [3.63, 3.8) is 0 Å². The first-order chi connectivity index (χ1) is 14.8. The van der Waals surface area contributed by atoms with E-state index in [0.717, 1.165) is 58.6 Å². The molecule has 0 unspecified atom stereocenters. The molecule has 0 saturated heterocycles. The summed E-state index contributed by atoms with van der Waals surface area (Å²) in [4.78, 5) is 8.22. The summed E-state index contributed by atoms with van der Waals surface area (Å²) < 4.78 is 1.81. The van der Waals surface area contributed by atoms with Crippen LogP contribution in [0.15, 0.2) is 61.3 Å². The van der Waals surface area contributed by atoms with E-state index in [-0.39, 0.29) is 12.4 Å². The van der Waals surface area contributed by atoms with E-state index in [9.17, 15) is 0 Å². The van der Waals surface area contributed by atoms with Crippen molar-refractivity contribution in [2.24, 2.45) is 0 Å². The first-order valence-corrected chi connectivity index (χ1v) is 9.84. The average Bonchev–Trinajstić information content (AvgIpc) is 3.46. The third-order valence-electron chi connectivity index (χ3n) is 5.53. The Morgan fingerprint density at radius 2 is 1.84 bits per heavy atom. The van der Waals surface area contributed by atoms with Crippen LogP contribution in [0, 0.1) is 0 Å². The van der Waals surface area contributed by atoms with Gasteiger partial charge in [0.15, 0.2) is 0 Å². The molecule has 1 aliphatic rings. The third-order valence-corrected chi connectivity index (χ3v) is 5.53. The molecule has 1 aliphatic heterocycles. The highest BCUT2D eigenvalue weighted by Crippen LogP contribution is 2.29. The SMILES string of the molecule is Cl.c1ncc(-c2ccc3[nH]nc(-c4cn(-c5ccc6c(c5)CNCC6)nn4)c3c2)cn1. The lowest BCUT2D eigenvalue weighted by molar-refractivity contribution is 0.642. The first-order valence-electron chi connectivity index (χ1n) is 9.84. The average molecular weight is 431 g/mol. The fourth-order valence-corrected chi connectivity index (χ4v) is 3.94. The van der Waals surface area contributed by atoms with Crippen LogP contribution >= 0.6 is 12.4 Å². The Balaban J connectivity index is 0.00000204. The van der Waals surface area contributed by atoms with Gasteiger partial charge in [-0.1, -0.05) is 17.3 Å². The molecule has 0 aliphatic carbocycles. The number of nitrogens with zero attached hydrogens (tertiary/aromatic N) is 6. The molecule has 154 valence electrons. The van der Waals surface area contributed by atoms with Gasteiger partial charge in [-0.3, -0.25) is 5.10 Å².